The Morgan fingerprint density at radius 3 is 2.43 bits per heavy atom. The average molecular weight is 407 g/mol. The molecule has 0 bridgehead atoms. The lowest BCUT2D eigenvalue weighted by Gasteiger charge is -2.09. The Kier molecular flexibility index (Phi) is 3.78. The molecule has 1 aromatic heterocycles. The summed E-state index contributed by atoms with van der Waals surface area (Å²) in [6.45, 7) is 0. The van der Waals surface area contributed by atoms with Crippen molar-refractivity contribution in [1.82, 2.24) is 4.98 Å². The van der Waals surface area contributed by atoms with Gasteiger partial charge in [-0.05, 0) is 24.3 Å². The van der Waals surface area contributed by atoms with Crippen molar-refractivity contribution >= 4 is 48.7 Å². The van der Waals surface area contributed by atoms with Gasteiger partial charge in [0.2, 0.25) is 0 Å². The average Bonchev–Trinajstić information content (AvgIpc) is 2.46. The first-order valence-corrected chi connectivity index (χ1v) is 7.74. The zero-order chi connectivity index (χ0) is 15.0. The summed E-state index contributed by atoms with van der Waals surface area (Å²) in [6, 6.07) is 14.7. The number of hydrogen-bond acceptors (Lipinski definition) is 2. The molecule has 0 atom stereocenters. The molecular weight excluding hydrogens is 398 g/mol. The molecule has 3 rings (SSSR count). The minimum Gasteiger partial charge on any atom is -0.478 e. The maximum atomic E-state index is 11.6. The number of pyridine rings is 1. The Hall–Kier alpha value is -1.72. The van der Waals surface area contributed by atoms with Crippen molar-refractivity contribution in [3.8, 4) is 11.3 Å². The van der Waals surface area contributed by atoms with Crippen LogP contribution in [0.3, 0.4) is 0 Å². The Bertz CT molecular complexity index is 862. The number of aromatic nitrogens is 1. The number of rotatable bonds is 2. The van der Waals surface area contributed by atoms with Gasteiger partial charge in [-0.3, -0.25) is 0 Å². The van der Waals surface area contributed by atoms with E-state index in [1.165, 1.54) is 0 Å². The zero-order valence-corrected chi connectivity index (χ0v) is 13.8. The fraction of sp³-hybridized carbons (Fsp3) is 0. The van der Waals surface area contributed by atoms with Crippen molar-refractivity contribution in [1.29, 1.82) is 0 Å². The van der Waals surface area contributed by atoms with Crippen molar-refractivity contribution in [2.24, 2.45) is 0 Å². The highest BCUT2D eigenvalue weighted by atomic mass is 79.9. The molecule has 0 spiro atoms. The number of aromatic carboxylic acids is 1. The predicted octanol–water partition coefficient (Wildman–Crippen LogP) is 5.13. The fourth-order valence-corrected chi connectivity index (χ4v) is 3.28. The summed E-state index contributed by atoms with van der Waals surface area (Å²) in [5.74, 6) is -0.970. The van der Waals surface area contributed by atoms with Crippen molar-refractivity contribution in [2.75, 3.05) is 0 Å². The van der Waals surface area contributed by atoms with Crippen LogP contribution in [-0.4, -0.2) is 16.1 Å². The van der Waals surface area contributed by atoms with Crippen LogP contribution >= 0.6 is 31.9 Å². The zero-order valence-electron chi connectivity index (χ0n) is 10.7. The van der Waals surface area contributed by atoms with Crippen molar-refractivity contribution in [3.63, 3.8) is 0 Å². The molecular formula is C16H9Br2NO2. The minimum absolute atomic E-state index is 0.234. The summed E-state index contributed by atoms with van der Waals surface area (Å²) >= 11 is 6.88. The summed E-state index contributed by atoms with van der Waals surface area (Å²) in [5, 5.41) is 10.1. The first-order chi connectivity index (χ1) is 10.1. The third-order valence-electron chi connectivity index (χ3n) is 3.16. The molecule has 3 nitrogen and oxygen atoms in total. The standard InChI is InChI=1S/C16H9Br2NO2/c17-11-5-2-1-4-9(11)14-8-10(16(20)21)15-12(18)6-3-7-13(15)19-14/h1-8H,(H,20,21). The lowest BCUT2D eigenvalue weighted by molar-refractivity contribution is 0.0699. The summed E-state index contributed by atoms with van der Waals surface area (Å²) in [4.78, 5) is 16.2. The van der Waals surface area contributed by atoms with E-state index in [0.717, 1.165) is 14.5 Å². The molecule has 2 aromatic carbocycles. The second kappa shape index (κ2) is 5.58. The van der Waals surface area contributed by atoms with Gasteiger partial charge in [0.1, 0.15) is 0 Å². The quantitative estimate of drug-likeness (QED) is 0.642. The van der Waals surface area contributed by atoms with Gasteiger partial charge in [0.05, 0.1) is 16.8 Å². The van der Waals surface area contributed by atoms with Crippen molar-refractivity contribution in [2.45, 2.75) is 0 Å². The van der Waals surface area contributed by atoms with Crippen LogP contribution in [-0.2, 0) is 0 Å². The number of carboxylic acid groups (broad SMARTS) is 1. The molecule has 21 heavy (non-hydrogen) atoms. The van der Waals surface area contributed by atoms with E-state index in [4.69, 9.17) is 0 Å². The third-order valence-corrected chi connectivity index (χ3v) is 4.52. The highest BCUT2D eigenvalue weighted by molar-refractivity contribution is 9.11. The molecule has 0 unspecified atom stereocenters. The highest BCUT2D eigenvalue weighted by Gasteiger charge is 2.15. The van der Waals surface area contributed by atoms with Gasteiger partial charge >= 0.3 is 5.97 Å². The molecule has 0 aliphatic carbocycles. The molecule has 0 saturated carbocycles. The predicted molar refractivity (Wildman–Crippen MR) is 89.5 cm³/mol. The van der Waals surface area contributed by atoms with Gasteiger partial charge < -0.3 is 5.11 Å². The van der Waals surface area contributed by atoms with Crippen molar-refractivity contribution < 1.29 is 9.90 Å². The Morgan fingerprint density at radius 2 is 1.71 bits per heavy atom. The number of benzene rings is 2. The monoisotopic (exact) mass is 405 g/mol. The second-order valence-corrected chi connectivity index (χ2v) is 6.18. The molecule has 5 heteroatoms. The Labute approximate surface area is 137 Å². The number of carbonyl (C=O) groups is 1. The van der Waals surface area contributed by atoms with E-state index in [1.54, 1.807) is 6.07 Å². The van der Waals surface area contributed by atoms with E-state index in [9.17, 15) is 9.90 Å². The number of carboxylic acids is 1. The molecule has 0 saturated heterocycles. The molecule has 0 aliphatic rings. The van der Waals surface area contributed by atoms with Gasteiger partial charge in [-0.25, -0.2) is 9.78 Å². The first kappa shape index (κ1) is 14.2. The van der Waals surface area contributed by atoms with Crippen LogP contribution in [0.15, 0.2) is 57.5 Å². The van der Waals surface area contributed by atoms with Gasteiger partial charge in [0.25, 0.3) is 0 Å². The van der Waals surface area contributed by atoms with Crippen LogP contribution in [0.1, 0.15) is 10.4 Å². The number of halogens is 2. The van der Waals surface area contributed by atoms with Gasteiger partial charge in [0, 0.05) is 19.9 Å². The van der Waals surface area contributed by atoms with Gasteiger partial charge in [-0.1, -0.05) is 56.1 Å². The lowest BCUT2D eigenvalue weighted by Crippen LogP contribution is -2.01. The number of fused-ring (bicyclic) bond motifs is 1. The van der Waals surface area contributed by atoms with Crippen LogP contribution in [0, 0.1) is 0 Å². The third kappa shape index (κ3) is 2.59. The van der Waals surface area contributed by atoms with Gasteiger partial charge in [-0.2, -0.15) is 0 Å². The molecule has 3 aromatic rings. The van der Waals surface area contributed by atoms with E-state index < -0.39 is 5.97 Å². The largest absolute Gasteiger partial charge is 0.478 e. The Morgan fingerprint density at radius 1 is 1.00 bits per heavy atom. The maximum Gasteiger partial charge on any atom is 0.336 e. The fourth-order valence-electron chi connectivity index (χ4n) is 2.22. The normalized spacial score (nSPS) is 10.8. The van der Waals surface area contributed by atoms with Crippen LogP contribution in [0.2, 0.25) is 0 Å². The lowest BCUT2D eigenvalue weighted by atomic mass is 10.0. The van der Waals surface area contributed by atoms with E-state index in [1.807, 2.05) is 42.5 Å². The molecule has 0 fully saturated rings. The molecule has 1 N–H and O–H groups in total. The van der Waals surface area contributed by atoms with Gasteiger partial charge in [0.15, 0.2) is 0 Å². The molecule has 0 radical (unpaired) electrons. The summed E-state index contributed by atoms with van der Waals surface area (Å²) in [5.41, 5.74) is 2.38. The summed E-state index contributed by atoms with van der Waals surface area (Å²) < 4.78 is 1.60. The van der Waals surface area contributed by atoms with Crippen LogP contribution in [0.4, 0.5) is 0 Å². The maximum absolute atomic E-state index is 11.6. The number of nitrogens with zero attached hydrogens (tertiary/aromatic N) is 1. The topological polar surface area (TPSA) is 50.2 Å². The van der Waals surface area contributed by atoms with E-state index >= 15 is 0 Å². The van der Waals surface area contributed by atoms with Gasteiger partial charge in [-0.15, -0.1) is 0 Å². The molecule has 1 heterocycles. The first-order valence-electron chi connectivity index (χ1n) is 6.15. The van der Waals surface area contributed by atoms with Crippen LogP contribution in [0.5, 0.6) is 0 Å². The highest BCUT2D eigenvalue weighted by Crippen LogP contribution is 2.32. The minimum atomic E-state index is -0.970. The Balaban J connectivity index is 2.37. The van der Waals surface area contributed by atoms with E-state index in [-0.39, 0.29) is 5.56 Å². The van der Waals surface area contributed by atoms with Crippen LogP contribution < -0.4 is 0 Å². The second-order valence-electron chi connectivity index (χ2n) is 4.47. The summed E-state index contributed by atoms with van der Waals surface area (Å²) in [7, 11) is 0. The molecule has 0 aliphatic heterocycles. The van der Waals surface area contributed by atoms with Crippen LogP contribution in [0.25, 0.3) is 22.2 Å². The van der Waals surface area contributed by atoms with Crippen molar-refractivity contribution in [3.05, 3.63) is 63.0 Å². The van der Waals surface area contributed by atoms with E-state index in [2.05, 4.69) is 36.8 Å². The summed E-state index contributed by atoms with van der Waals surface area (Å²) in [6.07, 6.45) is 0. The number of hydrogen-bond donors (Lipinski definition) is 1. The molecule has 0 amide bonds. The molecule has 104 valence electrons. The smallest absolute Gasteiger partial charge is 0.336 e. The SMILES string of the molecule is O=C(O)c1cc(-c2ccccc2Br)nc2cccc(Br)c12. The van der Waals surface area contributed by atoms with E-state index in [0.29, 0.717) is 16.6 Å².